The van der Waals surface area contributed by atoms with E-state index >= 15 is 0 Å². The minimum Gasteiger partial charge on any atom is -0.354 e. The largest absolute Gasteiger partial charge is 0.354 e. The molecule has 0 saturated heterocycles. The van der Waals surface area contributed by atoms with Gasteiger partial charge in [-0.3, -0.25) is 14.2 Å². The lowest BCUT2D eigenvalue weighted by atomic mass is 10.3. The zero-order valence-electron chi connectivity index (χ0n) is 13.8. The molecule has 0 saturated carbocycles. The number of aryl methyl sites for hydroxylation is 3. The van der Waals surface area contributed by atoms with E-state index in [4.69, 9.17) is 0 Å². The zero-order chi connectivity index (χ0) is 17.9. The molecule has 24 heavy (non-hydrogen) atoms. The highest BCUT2D eigenvalue weighted by Gasteiger charge is 2.15. The molecule has 1 amide bonds. The molecule has 2 rings (SSSR count). The number of nitrogens with one attached hydrogen (secondary N) is 1. The molecule has 0 radical (unpaired) electrons. The van der Waals surface area contributed by atoms with Crippen molar-refractivity contribution in [2.24, 2.45) is 0 Å². The lowest BCUT2D eigenvalue weighted by Crippen LogP contribution is -2.29. The van der Waals surface area contributed by atoms with Crippen LogP contribution < -0.4 is 5.32 Å². The normalized spacial score (nSPS) is 11.3. The maximum absolute atomic E-state index is 12.6. The van der Waals surface area contributed by atoms with E-state index in [0.29, 0.717) is 18.8 Å². The van der Waals surface area contributed by atoms with E-state index in [9.17, 15) is 13.6 Å². The van der Waals surface area contributed by atoms with Gasteiger partial charge in [-0.25, -0.2) is 8.78 Å². The first-order valence-corrected chi connectivity index (χ1v) is 8.37. The third kappa shape index (κ3) is 4.40. The molecule has 1 N–H and O–H groups in total. The Balaban J connectivity index is 1.78. The molecule has 132 valence electrons. The summed E-state index contributed by atoms with van der Waals surface area (Å²) in [4.78, 5) is 11.9. The second-order valence-corrected chi connectivity index (χ2v) is 6.37. The Morgan fingerprint density at radius 1 is 1.29 bits per heavy atom. The first-order chi connectivity index (χ1) is 11.3. The van der Waals surface area contributed by atoms with Crippen LogP contribution >= 0.6 is 15.9 Å². The minimum absolute atomic E-state index is 0.0655. The fraction of sp³-hybridized carbons (Fsp3) is 0.533. The van der Waals surface area contributed by atoms with Gasteiger partial charge in [0.15, 0.2) is 0 Å². The predicted molar refractivity (Wildman–Crippen MR) is 88.9 cm³/mol. The molecule has 0 aliphatic heterocycles. The van der Waals surface area contributed by atoms with Crippen molar-refractivity contribution in [1.82, 2.24) is 24.9 Å². The number of carbonyl (C=O) groups excluding carboxylic acids is 1. The van der Waals surface area contributed by atoms with E-state index in [2.05, 4.69) is 31.4 Å². The van der Waals surface area contributed by atoms with E-state index in [-0.39, 0.29) is 18.1 Å². The van der Waals surface area contributed by atoms with Gasteiger partial charge in [-0.15, -0.1) is 0 Å². The van der Waals surface area contributed by atoms with Gasteiger partial charge in [-0.05, 0) is 49.2 Å². The fourth-order valence-corrected chi connectivity index (χ4v) is 2.63. The maximum atomic E-state index is 12.6. The molecule has 0 aromatic carbocycles. The monoisotopic (exact) mass is 403 g/mol. The third-order valence-electron chi connectivity index (χ3n) is 3.68. The third-order valence-corrected chi connectivity index (χ3v) is 4.83. The van der Waals surface area contributed by atoms with E-state index in [1.807, 2.05) is 18.5 Å². The fourth-order valence-electron chi connectivity index (χ4n) is 2.34. The van der Waals surface area contributed by atoms with Gasteiger partial charge >= 0.3 is 0 Å². The Labute approximate surface area is 147 Å². The summed E-state index contributed by atoms with van der Waals surface area (Å²) in [6, 6.07) is 1.29. The topological polar surface area (TPSA) is 64.7 Å². The molecular formula is C15H20BrF2N5O. The van der Waals surface area contributed by atoms with Gasteiger partial charge < -0.3 is 5.32 Å². The number of aromatic nitrogens is 4. The standard InChI is InChI=1S/C15H20BrF2N5O/c1-9-7-12(15(17)18)21-23(9)8-13(24)19-5-4-6-22-11(3)14(16)10(2)20-22/h7,15H,4-6,8H2,1-3H3,(H,19,24). The van der Waals surface area contributed by atoms with Gasteiger partial charge in [0, 0.05) is 24.5 Å². The van der Waals surface area contributed by atoms with Crippen LogP contribution in [-0.2, 0) is 17.9 Å². The van der Waals surface area contributed by atoms with Gasteiger partial charge in [-0.1, -0.05) is 0 Å². The van der Waals surface area contributed by atoms with Crippen molar-refractivity contribution in [2.45, 2.75) is 46.7 Å². The summed E-state index contributed by atoms with van der Waals surface area (Å²) in [5.41, 5.74) is 2.20. The van der Waals surface area contributed by atoms with E-state index < -0.39 is 6.43 Å². The summed E-state index contributed by atoms with van der Waals surface area (Å²) >= 11 is 3.47. The van der Waals surface area contributed by atoms with Crippen LogP contribution in [0.2, 0.25) is 0 Å². The van der Waals surface area contributed by atoms with Crippen molar-refractivity contribution in [3.63, 3.8) is 0 Å². The lowest BCUT2D eigenvalue weighted by Gasteiger charge is -2.08. The predicted octanol–water partition coefficient (Wildman–Crippen LogP) is 2.91. The van der Waals surface area contributed by atoms with Crippen LogP contribution in [-0.4, -0.2) is 32.0 Å². The molecule has 0 spiro atoms. The Morgan fingerprint density at radius 3 is 2.54 bits per heavy atom. The first kappa shape index (κ1) is 18.6. The molecule has 0 atom stereocenters. The number of halogens is 3. The van der Waals surface area contributed by atoms with Crippen LogP contribution in [0.3, 0.4) is 0 Å². The highest BCUT2D eigenvalue weighted by atomic mass is 79.9. The second kappa shape index (κ2) is 7.87. The Morgan fingerprint density at radius 2 is 2.00 bits per heavy atom. The summed E-state index contributed by atoms with van der Waals surface area (Å²) in [5.74, 6) is -0.253. The summed E-state index contributed by atoms with van der Waals surface area (Å²) in [6.45, 7) is 6.65. The molecule has 0 unspecified atom stereocenters. The van der Waals surface area contributed by atoms with Crippen LogP contribution in [0.4, 0.5) is 8.78 Å². The van der Waals surface area contributed by atoms with Gasteiger partial charge in [0.05, 0.1) is 10.2 Å². The molecule has 2 aromatic rings. The Hall–Kier alpha value is -1.77. The smallest absolute Gasteiger partial charge is 0.282 e. The Bertz CT molecular complexity index is 726. The molecule has 0 aliphatic carbocycles. The maximum Gasteiger partial charge on any atom is 0.282 e. The number of amides is 1. The average molecular weight is 404 g/mol. The number of hydrogen-bond acceptors (Lipinski definition) is 3. The van der Waals surface area contributed by atoms with Gasteiger partial charge in [0.25, 0.3) is 6.43 Å². The van der Waals surface area contributed by atoms with Crippen LogP contribution in [0.5, 0.6) is 0 Å². The quantitative estimate of drug-likeness (QED) is 0.722. The molecule has 2 aromatic heterocycles. The van der Waals surface area contributed by atoms with Crippen molar-refractivity contribution >= 4 is 21.8 Å². The molecule has 0 aliphatic rings. The summed E-state index contributed by atoms with van der Waals surface area (Å²) in [7, 11) is 0. The van der Waals surface area contributed by atoms with Crippen molar-refractivity contribution < 1.29 is 13.6 Å². The number of hydrogen-bond donors (Lipinski definition) is 1. The van der Waals surface area contributed by atoms with Gasteiger partial charge in [-0.2, -0.15) is 10.2 Å². The highest BCUT2D eigenvalue weighted by Crippen LogP contribution is 2.20. The van der Waals surface area contributed by atoms with E-state index in [1.54, 1.807) is 6.92 Å². The molecule has 6 nitrogen and oxygen atoms in total. The average Bonchev–Trinajstić information content (AvgIpc) is 3.00. The Kier molecular flexibility index (Phi) is 6.09. The minimum atomic E-state index is -2.63. The van der Waals surface area contributed by atoms with Gasteiger partial charge in [0.1, 0.15) is 12.2 Å². The number of carbonyl (C=O) groups is 1. The molecule has 0 bridgehead atoms. The van der Waals surface area contributed by atoms with Gasteiger partial charge in [0.2, 0.25) is 5.91 Å². The lowest BCUT2D eigenvalue weighted by molar-refractivity contribution is -0.121. The SMILES string of the molecule is Cc1nn(CCCNC(=O)Cn2nc(C(F)F)cc2C)c(C)c1Br. The summed E-state index contributed by atoms with van der Waals surface area (Å²) in [6.07, 6.45) is -1.91. The summed E-state index contributed by atoms with van der Waals surface area (Å²) < 4.78 is 29.3. The summed E-state index contributed by atoms with van der Waals surface area (Å²) in [5, 5.41) is 10.9. The second-order valence-electron chi connectivity index (χ2n) is 5.58. The van der Waals surface area contributed by atoms with Crippen molar-refractivity contribution in [3.8, 4) is 0 Å². The van der Waals surface area contributed by atoms with Crippen molar-refractivity contribution in [2.75, 3.05) is 6.54 Å². The zero-order valence-corrected chi connectivity index (χ0v) is 15.4. The first-order valence-electron chi connectivity index (χ1n) is 7.58. The molecule has 2 heterocycles. The van der Waals surface area contributed by atoms with Crippen LogP contribution in [0, 0.1) is 20.8 Å². The molecular weight excluding hydrogens is 384 g/mol. The van der Waals surface area contributed by atoms with Crippen LogP contribution in [0.1, 0.15) is 35.6 Å². The van der Waals surface area contributed by atoms with E-state index in [1.165, 1.54) is 10.7 Å². The van der Waals surface area contributed by atoms with Crippen molar-refractivity contribution in [1.29, 1.82) is 0 Å². The molecule has 0 fully saturated rings. The highest BCUT2D eigenvalue weighted by molar-refractivity contribution is 9.10. The number of rotatable bonds is 7. The number of nitrogens with zero attached hydrogens (tertiary/aromatic N) is 4. The van der Waals surface area contributed by atoms with Crippen molar-refractivity contribution in [3.05, 3.63) is 33.3 Å². The van der Waals surface area contributed by atoms with Crippen LogP contribution in [0.25, 0.3) is 0 Å². The van der Waals surface area contributed by atoms with E-state index in [0.717, 1.165) is 22.3 Å². The van der Waals surface area contributed by atoms with Crippen LogP contribution in [0.15, 0.2) is 10.5 Å². The number of alkyl halides is 2. The molecule has 9 heteroatoms.